The predicted molar refractivity (Wildman–Crippen MR) is 82.5 cm³/mol. The first kappa shape index (κ1) is 17.3. The number of aliphatic carboxylic acids is 1. The first-order chi connectivity index (χ1) is 9.84. The lowest BCUT2D eigenvalue weighted by molar-refractivity contribution is -0.144. The molecule has 0 aliphatic rings. The number of nitrogens with one attached hydrogen (secondary N) is 2. The molecule has 1 unspecified atom stereocenters. The average Bonchev–Trinajstić information content (AvgIpc) is 2.45. The van der Waals surface area contributed by atoms with E-state index in [1.807, 2.05) is 19.1 Å². The van der Waals surface area contributed by atoms with E-state index < -0.39 is 17.5 Å². The second-order valence-electron chi connectivity index (χ2n) is 4.97. The number of carbonyl (C=O) groups is 2. The summed E-state index contributed by atoms with van der Waals surface area (Å²) in [6.45, 7) is 5.30. The fourth-order valence-electron chi connectivity index (χ4n) is 2.07. The minimum Gasteiger partial charge on any atom is -0.480 e. The van der Waals surface area contributed by atoms with Gasteiger partial charge >= 0.3 is 12.0 Å². The molecule has 3 N–H and O–H groups in total. The lowest BCUT2D eigenvalue weighted by Crippen LogP contribution is -2.56. The monoisotopic (exact) mass is 312 g/mol. The van der Waals surface area contributed by atoms with Gasteiger partial charge in [0.15, 0.2) is 0 Å². The Balaban J connectivity index is 2.72. The van der Waals surface area contributed by atoms with Crippen LogP contribution < -0.4 is 10.6 Å². The molecular weight excluding hydrogens is 292 g/mol. The fourth-order valence-corrected chi connectivity index (χ4v) is 2.19. The second-order valence-corrected chi connectivity index (χ2v) is 5.40. The van der Waals surface area contributed by atoms with Gasteiger partial charge in [0.05, 0.1) is 6.04 Å². The van der Waals surface area contributed by atoms with Crippen LogP contribution in [0.15, 0.2) is 24.3 Å². The second kappa shape index (κ2) is 7.31. The van der Waals surface area contributed by atoms with Gasteiger partial charge in [0.1, 0.15) is 5.54 Å². The van der Waals surface area contributed by atoms with Crippen molar-refractivity contribution < 1.29 is 14.7 Å². The van der Waals surface area contributed by atoms with Gasteiger partial charge in [0.25, 0.3) is 0 Å². The molecule has 0 saturated heterocycles. The summed E-state index contributed by atoms with van der Waals surface area (Å²) in [4.78, 5) is 23.4. The van der Waals surface area contributed by atoms with Crippen LogP contribution in [-0.4, -0.2) is 22.6 Å². The highest BCUT2D eigenvalue weighted by Crippen LogP contribution is 2.18. The Hall–Kier alpha value is -1.75. The van der Waals surface area contributed by atoms with Crippen molar-refractivity contribution in [2.75, 3.05) is 0 Å². The quantitative estimate of drug-likeness (QED) is 0.753. The molecule has 0 heterocycles. The van der Waals surface area contributed by atoms with Crippen molar-refractivity contribution in [2.24, 2.45) is 0 Å². The highest BCUT2D eigenvalue weighted by atomic mass is 35.5. The molecule has 2 amide bonds. The summed E-state index contributed by atoms with van der Waals surface area (Å²) in [6, 6.07) is 6.37. The Morgan fingerprint density at radius 1 is 1.24 bits per heavy atom. The molecule has 0 aromatic heterocycles. The van der Waals surface area contributed by atoms with Crippen molar-refractivity contribution in [3.63, 3.8) is 0 Å². The number of rotatable bonds is 6. The third-order valence-corrected chi connectivity index (χ3v) is 3.94. The summed E-state index contributed by atoms with van der Waals surface area (Å²) in [7, 11) is 0. The van der Waals surface area contributed by atoms with Crippen LogP contribution in [0, 0.1) is 0 Å². The smallest absolute Gasteiger partial charge is 0.329 e. The highest BCUT2D eigenvalue weighted by Gasteiger charge is 2.36. The number of amides is 2. The first-order valence-corrected chi connectivity index (χ1v) is 7.30. The van der Waals surface area contributed by atoms with E-state index in [-0.39, 0.29) is 6.04 Å². The van der Waals surface area contributed by atoms with Gasteiger partial charge < -0.3 is 15.7 Å². The zero-order chi connectivity index (χ0) is 16.0. The number of carboxylic acids is 1. The summed E-state index contributed by atoms with van der Waals surface area (Å²) < 4.78 is 0. The van der Waals surface area contributed by atoms with Crippen LogP contribution in [0.4, 0.5) is 4.79 Å². The summed E-state index contributed by atoms with van der Waals surface area (Å²) in [5.74, 6) is -1.03. The van der Waals surface area contributed by atoms with Crippen LogP contribution in [0.1, 0.15) is 45.2 Å². The number of urea groups is 1. The zero-order valence-corrected chi connectivity index (χ0v) is 13.2. The van der Waals surface area contributed by atoms with E-state index in [2.05, 4.69) is 10.6 Å². The van der Waals surface area contributed by atoms with Crippen LogP contribution in [0.2, 0.25) is 5.02 Å². The summed E-state index contributed by atoms with van der Waals surface area (Å²) in [6.07, 6.45) is 0.642. The maximum Gasteiger partial charge on any atom is 0.329 e. The molecule has 21 heavy (non-hydrogen) atoms. The van der Waals surface area contributed by atoms with Crippen molar-refractivity contribution in [1.82, 2.24) is 10.6 Å². The molecule has 0 bridgehead atoms. The molecule has 1 atom stereocenters. The fraction of sp³-hybridized carbons (Fsp3) is 0.467. The number of carboxylic acid groups (broad SMARTS) is 1. The van der Waals surface area contributed by atoms with Gasteiger partial charge in [-0.15, -0.1) is 0 Å². The molecule has 5 nitrogen and oxygen atoms in total. The molecule has 0 saturated carbocycles. The van der Waals surface area contributed by atoms with Gasteiger partial charge in [-0.1, -0.05) is 37.6 Å². The third kappa shape index (κ3) is 4.36. The van der Waals surface area contributed by atoms with Crippen LogP contribution >= 0.6 is 11.6 Å². The minimum atomic E-state index is -1.23. The van der Waals surface area contributed by atoms with E-state index in [0.717, 1.165) is 5.56 Å². The average molecular weight is 313 g/mol. The molecule has 1 rings (SSSR count). The van der Waals surface area contributed by atoms with Gasteiger partial charge in [-0.2, -0.15) is 0 Å². The zero-order valence-electron chi connectivity index (χ0n) is 12.4. The molecule has 1 aromatic rings. The van der Waals surface area contributed by atoms with E-state index in [1.165, 1.54) is 0 Å². The van der Waals surface area contributed by atoms with Crippen LogP contribution in [0.25, 0.3) is 0 Å². The minimum absolute atomic E-state index is 0.248. The van der Waals surface area contributed by atoms with Crippen molar-refractivity contribution in [2.45, 2.75) is 45.2 Å². The molecule has 1 aromatic carbocycles. The van der Waals surface area contributed by atoms with Gasteiger partial charge in [0, 0.05) is 5.02 Å². The largest absolute Gasteiger partial charge is 0.480 e. The van der Waals surface area contributed by atoms with Crippen molar-refractivity contribution in [3.05, 3.63) is 34.9 Å². The van der Waals surface area contributed by atoms with Crippen LogP contribution in [0.5, 0.6) is 0 Å². The molecule has 0 spiro atoms. The Morgan fingerprint density at radius 2 is 1.76 bits per heavy atom. The number of benzene rings is 1. The van der Waals surface area contributed by atoms with Crippen molar-refractivity contribution in [3.8, 4) is 0 Å². The van der Waals surface area contributed by atoms with E-state index in [1.54, 1.807) is 26.0 Å². The van der Waals surface area contributed by atoms with Gasteiger partial charge in [0.2, 0.25) is 0 Å². The summed E-state index contributed by atoms with van der Waals surface area (Å²) in [5, 5.41) is 15.2. The summed E-state index contributed by atoms with van der Waals surface area (Å²) >= 11 is 5.82. The third-order valence-electron chi connectivity index (χ3n) is 3.69. The first-order valence-electron chi connectivity index (χ1n) is 6.92. The van der Waals surface area contributed by atoms with E-state index in [0.29, 0.717) is 17.9 Å². The van der Waals surface area contributed by atoms with Gasteiger partial charge in [-0.3, -0.25) is 0 Å². The molecule has 0 radical (unpaired) electrons. The maximum absolute atomic E-state index is 12.0. The Bertz CT molecular complexity index is 498. The molecule has 0 aliphatic carbocycles. The highest BCUT2D eigenvalue weighted by molar-refractivity contribution is 6.30. The standard InChI is InChI=1S/C15H21ClN2O3/c1-4-15(5-2,13(19)20)18-14(21)17-10(3)11-6-8-12(16)9-7-11/h6-10H,4-5H2,1-3H3,(H,19,20)(H2,17,18,21). The van der Waals surface area contributed by atoms with Crippen molar-refractivity contribution in [1.29, 1.82) is 0 Å². The van der Waals surface area contributed by atoms with Gasteiger partial charge in [-0.25, -0.2) is 9.59 Å². The maximum atomic E-state index is 12.0. The lowest BCUT2D eigenvalue weighted by Gasteiger charge is -2.29. The van der Waals surface area contributed by atoms with Crippen molar-refractivity contribution >= 4 is 23.6 Å². The number of carbonyl (C=O) groups excluding carboxylic acids is 1. The number of hydrogen-bond donors (Lipinski definition) is 3. The Labute approximate surface area is 129 Å². The predicted octanol–water partition coefficient (Wildman–Crippen LogP) is 3.34. The van der Waals surface area contributed by atoms with Crippen LogP contribution in [-0.2, 0) is 4.79 Å². The van der Waals surface area contributed by atoms with E-state index in [9.17, 15) is 14.7 Å². The number of hydrogen-bond acceptors (Lipinski definition) is 2. The normalized spacial score (nSPS) is 12.6. The molecule has 0 aliphatic heterocycles. The Kier molecular flexibility index (Phi) is 6.03. The van der Waals surface area contributed by atoms with E-state index >= 15 is 0 Å². The molecular formula is C15H21ClN2O3. The Morgan fingerprint density at radius 3 is 2.19 bits per heavy atom. The molecule has 6 heteroatoms. The van der Waals surface area contributed by atoms with E-state index in [4.69, 9.17) is 11.6 Å². The number of halogens is 1. The lowest BCUT2D eigenvalue weighted by atomic mass is 9.93. The van der Waals surface area contributed by atoms with Gasteiger partial charge in [-0.05, 0) is 37.5 Å². The summed E-state index contributed by atoms with van der Waals surface area (Å²) in [5.41, 5.74) is -0.340. The molecule has 116 valence electrons. The van der Waals surface area contributed by atoms with Crippen LogP contribution in [0.3, 0.4) is 0 Å². The SMILES string of the molecule is CCC(CC)(NC(=O)NC(C)c1ccc(Cl)cc1)C(=O)O. The molecule has 0 fully saturated rings. The topological polar surface area (TPSA) is 78.4 Å².